The van der Waals surface area contributed by atoms with Gasteiger partial charge in [-0.3, -0.25) is 0 Å². The molecule has 51 valence electrons. The van der Waals surface area contributed by atoms with Crippen molar-refractivity contribution in [2.24, 2.45) is 0 Å². The summed E-state index contributed by atoms with van der Waals surface area (Å²) in [5, 5.41) is 8.37. The minimum atomic E-state index is 0. The number of aliphatic hydroxyl groups excluding tert-OH is 1. The molecule has 0 aliphatic heterocycles. The van der Waals surface area contributed by atoms with Crippen LogP contribution in [0.4, 0.5) is 0 Å². The summed E-state index contributed by atoms with van der Waals surface area (Å²) in [5.74, 6) is 0. The van der Waals surface area contributed by atoms with Gasteiger partial charge in [0.2, 0.25) is 0 Å². The Kier molecular flexibility index (Phi) is 15.5. The van der Waals surface area contributed by atoms with Crippen LogP contribution in [0.3, 0.4) is 0 Å². The Balaban J connectivity index is 0. The SMILES string of the molecule is CCCCCCCO.[Li]. The first-order valence-corrected chi connectivity index (χ1v) is 3.52. The van der Waals surface area contributed by atoms with Crippen LogP contribution in [-0.4, -0.2) is 30.6 Å². The smallest absolute Gasteiger partial charge is 0.0431 e. The number of hydrogen-bond acceptors (Lipinski definition) is 1. The van der Waals surface area contributed by atoms with Crippen LogP contribution in [0.5, 0.6) is 0 Å². The Labute approximate surface area is 70.0 Å². The van der Waals surface area contributed by atoms with Crippen molar-refractivity contribution in [3.05, 3.63) is 0 Å². The summed E-state index contributed by atoms with van der Waals surface area (Å²) >= 11 is 0. The van der Waals surface area contributed by atoms with Crippen LogP contribution in [-0.2, 0) is 0 Å². The fourth-order valence-electron chi connectivity index (χ4n) is 0.715. The summed E-state index contributed by atoms with van der Waals surface area (Å²) < 4.78 is 0. The third-order valence-electron chi connectivity index (χ3n) is 1.26. The van der Waals surface area contributed by atoms with Gasteiger partial charge in [-0.25, -0.2) is 0 Å². The molecule has 0 rings (SSSR count). The fraction of sp³-hybridized carbons (Fsp3) is 1.00. The molecule has 0 heterocycles. The van der Waals surface area contributed by atoms with E-state index in [4.69, 9.17) is 5.11 Å². The molecule has 0 aromatic heterocycles. The van der Waals surface area contributed by atoms with E-state index in [1.165, 1.54) is 25.7 Å². The number of aliphatic hydroxyl groups is 1. The number of hydrogen-bond donors (Lipinski definition) is 1. The predicted octanol–water partition coefficient (Wildman–Crippen LogP) is 1.57. The van der Waals surface area contributed by atoms with Crippen LogP contribution < -0.4 is 0 Å². The maximum atomic E-state index is 8.37. The van der Waals surface area contributed by atoms with E-state index in [-0.39, 0.29) is 18.9 Å². The summed E-state index contributed by atoms with van der Waals surface area (Å²) in [6, 6.07) is 0. The van der Waals surface area contributed by atoms with E-state index in [2.05, 4.69) is 6.92 Å². The number of rotatable bonds is 5. The third-order valence-corrected chi connectivity index (χ3v) is 1.26. The molecule has 0 saturated carbocycles. The second-order valence-electron chi connectivity index (χ2n) is 2.14. The molecular formula is C7H16LiO. The maximum Gasteiger partial charge on any atom is 0.0431 e. The molecule has 0 aromatic rings. The van der Waals surface area contributed by atoms with E-state index in [1.807, 2.05) is 0 Å². The van der Waals surface area contributed by atoms with E-state index < -0.39 is 0 Å². The molecule has 0 spiro atoms. The summed E-state index contributed by atoms with van der Waals surface area (Å²) in [6.45, 7) is 2.56. The Bertz CT molecular complexity index is 33.9. The number of unbranched alkanes of at least 4 members (excludes halogenated alkanes) is 4. The monoisotopic (exact) mass is 123 g/mol. The van der Waals surface area contributed by atoms with Crippen molar-refractivity contribution in [1.29, 1.82) is 0 Å². The first kappa shape index (κ1) is 12.3. The Morgan fingerprint density at radius 1 is 1.00 bits per heavy atom. The van der Waals surface area contributed by atoms with Crippen molar-refractivity contribution in [2.45, 2.75) is 39.0 Å². The van der Waals surface area contributed by atoms with Crippen LogP contribution in [0.1, 0.15) is 39.0 Å². The molecule has 0 amide bonds. The zero-order chi connectivity index (χ0) is 6.24. The zero-order valence-corrected chi connectivity index (χ0v) is 6.69. The molecule has 0 atom stereocenters. The second kappa shape index (κ2) is 11.4. The van der Waals surface area contributed by atoms with Gasteiger partial charge in [-0.1, -0.05) is 32.6 Å². The third kappa shape index (κ3) is 11.9. The normalized spacial score (nSPS) is 8.67. The van der Waals surface area contributed by atoms with Crippen molar-refractivity contribution < 1.29 is 5.11 Å². The van der Waals surface area contributed by atoms with Gasteiger partial charge in [-0.2, -0.15) is 0 Å². The molecule has 0 saturated heterocycles. The van der Waals surface area contributed by atoms with Gasteiger partial charge in [0.1, 0.15) is 0 Å². The molecular weight excluding hydrogens is 107 g/mol. The van der Waals surface area contributed by atoms with Gasteiger partial charge in [-0.15, -0.1) is 0 Å². The van der Waals surface area contributed by atoms with E-state index in [0.29, 0.717) is 6.61 Å². The molecule has 0 aromatic carbocycles. The average molecular weight is 123 g/mol. The first-order valence-electron chi connectivity index (χ1n) is 3.52. The topological polar surface area (TPSA) is 20.2 Å². The van der Waals surface area contributed by atoms with Crippen LogP contribution in [0.15, 0.2) is 0 Å². The second-order valence-corrected chi connectivity index (χ2v) is 2.14. The van der Waals surface area contributed by atoms with E-state index in [1.54, 1.807) is 0 Å². The average Bonchev–Trinajstić information content (AvgIpc) is 1.81. The minimum absolute atomic E-state index is 0. The largest absolute Gasteiger partial charge is 0.396 e. The van der Waals surface area contributed by atoms with Crippen molar-refractivity contribution in [2.75, 3.05) is 6.61 Å². The summed E-state index contributed by atoms with van der Waals surface area (Å²) in [4.78, 5) is 0. The molecule has 0 fully saturated rings. The van der Waals surface area contributed by atoms with Crippen molar-refractivity contribution in [3.63, 3.8) is 0 Å². The van der Waals surface area contributed by atoms with Gasteiger partial charge in [0.05, 0.1) is 0 Å². The van der Waals surface area contributed by atoms with Gasteiger partial charge in [-0.05, 0) is 6.42 Å². The van der Waals surface area contributed by atoms with Gasteiger partial charge in [0, 0.05) is 25.5 Å². The van der Waals surface area contributed by atoms with Crippen LogP contribution in [0.2, 0.25) is 0 Å². The van der Waals surface area contributed by atoms with Gasteiger partial charge >= 0.3 is 0 Å². The van der Waals surface area contributed by atoms with E-state index in [9.17, 15) is 0 Å². The molecule has 0 aliphatic carbocycles. The van der Waals surface area contributed by atoms with Crippen LogP contribution in [0, 0.1) is 0 Å². The van der Waals surface area contributed by atoms with E-state index >= 15 is 0 Å². The van der Waals surface area contributed by atoms with Crippen molar-refractivity contribution >= 4 is 18.9 Å². The summed E-state index contributed by atoms with van der Waals surface area (Å²) in [7, 11) is 0. The van der Waals surface area contributed by atoms with Crippen molar-refractivity contribution in [3.8, 4) is 0 Å². The fourth-order valence-corrected chi connectivity index (χ4v) is 0.715. The first-order chi connectivity index (χ1) is 3.91. The molecule has 0 bridgehead atoms. The molecule has 0 unspecified atom stereocenters. The standard InChI is InChI=1S/C7H16O.Li/c1-2-3-4-5-6-7-8;/h8H,2-7H2,1H3;. The van der Waals surface area contributed by atoms with Crippen LogP contribution >= 0.6 is 0 Å². The maximum absolute atomic E-state index is 8.37. The van der Waals surface area contributed by atoms with Gasteiger partial charge in [0.15, 0.2) is 0 Å². The molecule has 2 heteroatoms. The Morgan fingerprint density at radius 2 is 1.56 bits per heavy atom. The van der Waals surface area contributed by atoms with Gasteiger partial charge in [0.25, 0.3) is 0 Å². The van der Waals surface area contributed by atoms with Crippen molar-refractivity contribution in [1.82, 2.24) is 0 Å². The molecule has 9 heavy (non-hydrogen) atoms. The zero-order valence-electron chi connectivity index (χ0n) is 6.69. The molecule has 1 radical (unpaired) electrons. The van der Waals surface area contributed by atoms with Gasteiger partial charge < -0.3 is 5.11 Å². The molecule has 1 N–H and O–H groups in total. The molecule has 1 nitrogen and oxygen atoms in total. The molecule has 0 aliphatic rings. The quantitative estimate of drug-likeness (QED) is 0.434. The van der Waals surface area contributed by atoms with Crippen LogP contribution in [0.25, 0.3) is 0 Å². The summed E-state index contributed by atoms with van der Waals surface area (Å²) in [5.41, 5.74) is 0. The summed E-state index contributed by atoms with van der Waals surface area (Å²) in [6.07, 6.45) is 6.08. The predicted molar refractivity (Wildman–Crippen MR) is 41.6 cm³/mol. The Morgan fingerprint density at radius 3 is 2.00 bits per heavy atom. The Hall–Kier alpha value is 0.557. The van der Waals surface area contributed by atoms with E-state index in [0.717, 1.165) is 6.42 Å². The minimum Gasteiger partial charge on any atom is -0.396 e.